The van der Waals surface area contributed by atoms with Gasteiger partial charge in [-0.2, -0.15) is 0 Å². The first-order chi connectivity index (χ1) is 16.3. The zero-order chi connectivity index (χ0) is 24.0. The molecule has 1 amide bonds. The fourth-order valence-corrected chi connectivity index (χ4v) is 5.42. The lowest BCUT2D eigenvalue weighted by molar-refractivity contribution is -0.117. The molecule has 1 aliphatic heterocycles. The molecule has 0 aromatic carbocycles. The van der Waals surface area contributed by atoms with Crippen LogP contribution in [0.25, 0.3) is 6.08 Å². The van der Waals surface area contributed by atoms with Crippen molar-refractivity contribution in [2.75, 3.05) is 19.7 Å². The van der Waals surface area contributed by atoms with Crippen LogP contribution in [0.15, 0.2) is 30.5 Å². The van der Waals surface area contributed by atoms with Gasteiger partial charge in [0.2, 0.25) is 5.91 Å². The number of fused-ring (bicyclic) bond motifs is 1. The highest BCUT2D eigenvalue weighted by Crippen LogP contribution is 2.32. The zero-order valence-electron chi connectivity index (χ0n) is 19.5. The number of carbonyl (C=O) groups is 1. The zero-order valence-corrected chi connectivity index (χ0v) is 20.3. The summed E-state index contributed by atoms with van der Waals surface area (Å²) in [6.07, 6.45) is 11.3. The van der Waals surface area contributed by atoms with Crippen LogP contribution in [0.2, 0.25) is 0 Å². The number of nitrogens with zero attached hydrogens (tertiary/aromatic N) is 3. The van der Waals surface area contributed by atoms with Crippen LogP contribution in [0.4, 0.5) is 8.78 Å². The van der Waals surface area contributed by atoms with Crippen LogP contribution in [0.5, 0.6) is 5.19 Å². The number of rotatable bonds is 9. The Balaban J connectivity index is 1.15. The van der Waals surface area contributed by atoms with Crippen molar-refractivity contribution in [2.24, 2.45) is 5.92 Å². The molecule has 0 atom stereocenters. The van der Waals surface area contributed by atoms with Gasteiger partial charge in [0.25, 0.3) is 11.1 Å². The second-order valence-corrected chi connectivity index (χ2v) is 10.4. The number of amides is 1. The third-order valence-electron chi connectivity index (χ3n) is 6.38. The second-order valence-electron chi connectivity index (χ2n) is 9.34. The Morgan fingerprint density at radius 1 is 1.32 bits per heavy atom. The molecule has 0 spiro atoms. The van der Waals surface area contributed by atoms with E-state index in [1.54, 1.807) is 18.3 Å². The number of carbonyl (C=O) groups excluding carboxylic acids is 1. The van der Waals surface area contributed by atoms with Crippen molar-refractivity contribution in [1.29, 1.82) is 0 Å². The number of alkyl halides is 2. The Morgan fingerprint density at radius 2 is 2.15 bits per heavy atom. The Labute approximate surface area is 203 Å². The summed E-state index contributed by atoms with van der Waals surface area (Å²) in [4.78, 5) is 24.4. The number of hydrogen-bond donors (Lipinski definition) is 1. The molecule has 1 fully saturated rings. The lowest BCUT2D eigenvalue weighted by atomic mass is 9.84. The van der Waals surface area contributed by atoms with Gasteiger partial charge in [-0.3, -0.25) is 14.7 Å². The fourth-order valence-electron chi connectivity index (χ4n) is 4.52. The highest BCUT2D eigenvalue weighted by Gasteiger charge is 2.27. The molecule has 0 saturated heterocycles. The molecule has 2 aromatic heterocycles. The van der Waals surface area contributed by atoms with Crippen LogP contribution in [0.3, 0.4) is 0 Å². The largest absolute Gasteiger partial charge is 0.464 e. The maximum atomic E-state index is 13.0. The number of pyridine rings is 1. The van der Waals surface area contributed by atoms with E-state index in [-0.39, 0.29) is 11.9 Å². The molecule has 6 nitrogen and oxygen atoms in total. The first kappa shape index (κ1) is 24.7. The predicted octanol–water partition coefficient (Wildman–Crippen LogP) is 4.71. The molecule has 2 aromatic rings. The number of hydrogen-bond acceptors (Lipinski definition) is 6. The minimum absolute atomic E-state index is 0.0625. The van der Waals surface area contributed by atoms with Gasteiger partial charge in [-0.25, -0.2) is 13.8 Å². The summed E-state index contributed by atoms with van der Waals surface area (Å²) in [6, 6.07) is 5.85. The van der Waals surface area contributed by atoms with Gasteiger partial charge >= 0.3 is 0 Å². The summed E-state index contributed by atoms with van der Waals surface area (Å²) < 4.78 is 31.3. The van der Waals surface area contributed by atoms with Crippen LogP contribution in [0, 0.1) is 5.92 Å². The highest BCUT2D eigenvalue weighted by atomic mass is 32.1. The van der Waals surface area contributed by atoms with Crippen LogP contribution in [0.1, 0.15) is 55.3 Å². The molecule has 34 heavy (non-hydrogen) atoms. The van der Waals surface area contributed by atoms with Gasteiger partial charge in [-0.1, -0.05) is 17.4 Å². The van der Waals surface area contributed by atoms with E-state index < -0.39 is 12.5 Å². The normalized spacial score (nSPS) is 21.4. The summed E-state index contributed by atoms with van der Waals surface area (Å²) >= 11 is 1.40. The van der Waals surface area contributed by atoms with E-state index in [0.29, 0.717) is 11.1 Å². The van der Waals surface area contributed by atoms with Crippen LogP contribution >= 0.6 is 11.3 Å². The summed E-state index contributed by atoms with van der Waals surface area (Å²) in [5, 5.41) is 3.47. The third kappa shape index (κ3) is 7.56. The number of ether oxygens (including phenoxy) is 1. The topological polar surface area (TPSA) is 67.3 Å². The van der Waals surface area contributed by atoms with Crippen molar-refractivity contribution >= 4 is 23.3 Å². The van der Waals surface area contributed by atoms with E-state index in [0.717, 1.165) is 81.3 Å². The molecular weight excluding hydrogens is 458 g/mol. The second kappa shape index (κ2) is 11.4. The SMILES string of the molecule is CC(F)(F)COc1nc2c(s1)CCN(CCC1CCC(NC(=O)/C=C/c3ccccn3)CC1)C2. The molecule has 9 heteroatoms. The highest BCUT2D eigenvalue weighted by molar-refractivity contribution is 7.13. The third-order valence-corrected chi connectivity index (χ3v) is 7.45. The Bertz CT molecular complexity index is 969. The Morgan fingerprint density at radius 3 is 2.88 bits per heavy atom. The maximum Gasteiger partial charge on any atom is 0.278 e. The van der Waals surface area contributed by atoms with Crippen molar-refractivity contribution in [3.05, 3.63) is 46.7 Å². The monoisotopic (exact) mass is 490 g/mol. The van der Waals surface area contributed by atoms with Gasteiger partial charge in [0, 0.05) is 43.2 Å². The van der Waals surface area contributed by atoms with E-state index in [9.17, 15) is 13.6 Å². The van der Waals surface area contributed by atoms with Crippen LogP contribution in [-0.2, 0) is 17.8 Å². The van der Waals surface area contributed by atoms with Gasteiger partial charge in [0.1, 0.15) is 0 Å². The average molecular weight is 491 g/mol. The van der Waals surface area contributed by atoms with Crippen molar-refractivity contribution in [3.63, 3.8) is 0 Å². The van der Waals surface area contributed by atoms with Crippen LogP contribution in [-0.4, -0.2) is 52.4 Å². The Hall–Kier alpha value is -2.39. The summed E-state index contributed by atoms with van der Waals surface area (Å²) in [5.74, 6) is -2.25. The molecule has 1 aliphatic carbocycles. The molecule has 4 rings (SSSR count). The van der Waals surface area contributed by atoms with E-state index in [2.05, 4.69) is 20.2 Å². The number of aromatic nitrogens is 2. The predicted molar refractivity (Wildman–Crippen MR) is 129 cm³/mol. The minimum atomic E-state index is -2.85. The maximum absolute atomic E-state index is 13.0. The number of thiazole rings is 1. The smallest absolute Gasteiger partial charge is 0.278 e. The van der Waals surface area contributed by atoms with E-state index in [4.69, 9.17) is 4.74 Å². The van der Waals surface area contributed by atoms with E-state index in [1.807, 2.05) is 18.2 Å². The average Bonchev–Trinajstić information content (AvgIpc) is 3.24. The lowest BCUT2D eigenvalue weighted by Gasteiger charge is -2.31. The van der Waals surface area contributed by atoms with Gasteiger partial charge in [0.15, 0.2) is 6.61 Å². The van der Waals surface area contributed by atoms with Gasteiger partial charge in [0.05, 0.1) is 11.4 Å². The van der Waals surface area contributed by atoms with Crippen LogP contribution < -0.4 is 10.1 Å². The number of halogens is 2. The lowest BCUT2D eigenvalue weighted by Crippen LogP contribution is -2.37. The molecule has 0 radical (unpaired) electrons. The first-order valence-corrected chi connectivity index (χ1v) is 12.8. The molecule has 0 unspecified atom stereocenters. The summed E-state index contributed by atoms with van der Waals surface area (Å²) in [5.41, 5.74) is 1.74. The van der Waals surface area contributed by atoms with Gasteiger partial charge < -0.3 is 10.1 Å². The van der Waals surface area contributed by atoms with Crippen molar-refractivity contribution in [3.8, 4) is 5.19 Å². The first-order valence-electron chi connectivity index (χ1n) is 12.0. The van der Waals surface area contributed by atoms with E-state index in [1.165, 1.54) is 11.3 Å². The fraction of sp³-hybridized carbons (Fsp3) is 0.560. The Kier molecular flexibility index (Phi) is 8.26. The molecular formula is C25H32F2N4O2S. The molecule has 1 saturated carbocycles. The van der Waals surface area contributed by atoms with Crippen molar-refractivity contribution in [2.45, 2.75) is 64.0 Å². The molecule has 0 bridgehead atoms. The number of nitrogens with one attached hydrogen (secondary N) is 1. The molecule has 1 N–H and O–H groups in total. The standard InChI is InChI=1S/C25H32F2N4O2S/c1-25(26,27)17-33-24-30-21-16-31(15-12-22(21)34-24)14-11-18-5-7-20(8-6-18)29-23(32)10-9-19-4-2-3-13-28-19/h2-4,9-10,13,18,20H,5-8,11-12,14-17H2,1H3,(H,29,32)/b10-9+. The quantitative estimate of drug-likeness (QED) is 0.516. The van der Waals surface area contributed by atoms with Gasteiger partial charge in [-0.05, 0) is 69.2 Å². The molecule has 2 aliphatic rings. The molecule has 3 heterocycles. The van der Waals surface area contributed by atoms with Gasteiger partial charge in [-0.15, -0.1) is 0 Å². The summed E-state index contributed by atoms with van der Waals surface area (Å²) in [6.45, 7) is 2.95. The van der Waals surface area contributed by atoms with E-state index >= 15 is 0 Å². The minimum Gasteiger partial charge on any atom is -0.464 e. The molecule has 184 valence electrons. The van der Waals surface area contributed by atoms with Crippen molar-refractivity contribution < 1.29 is 18.3 Å². The van der Waals surface area contributed by atoms with Crippen molar-refractivity contribution in [1.82, 2.24) is 20.2 Å². The summed E-state index contributed by atoms with van der Waals surface area (Å²) in [7, 11) is 0.